The molecule has 174 valence electrons. The number of benzene rings is 2. The standard InChI is InChI=1S/C27H37O4P/c1-27(2,3)31-26(28)18-12-4-5-13-21-30-32(29)24(22-14-8-6-9-15-22)19-20-25(32)23-16-10-7-11-17-23/h6-11,14-17,24-25H,4-5,12-13,18-21H2,1-3H3/t24-,25+,32?. The first-order chi connectivity index (χ1) is 15.3. The third kappa shape index (κ3) is 6.80. The minimum atomic E-state index is -2.90. The van der Waals surface area contributed by atoms with Crippen LogP contribution >= 0.6 is 7.37 Å². The van der Waals surface area contributed by atoms with Crippen molar-refractivity contribution in [2.45, 2.75) is 82.6 Å². The Morgan fingerprint density at radius 3 is 1.84 bits per heavy atom. The first-order valence-corrected chi connectivity index (χ1v) is 13.6. The van der Waals surface area contributed by atoms with E-state index in [-0.39, 0.29) is 17.3 Å². The minimum Gasteiger partial charge on any atom is -0.460 e. The number of unbranched alkanes of at least 4 members (excludes halogenated alkanes) is 3. The maximum absolute atomic E-state index is 14.3. The van der Waals surface area contributed by atoms with Crippen molar-refractivity contribution in [2.24, 2.45) is 0 Å². The molecule has 5 heteroatoms. The van der Waals surface area contributed by atoms with Crippen LogP contribution in [0.5, 0.6) is 0 Å². The van der Waals surface area contributed by atoms with E-state index in [0.717, 1.165) is 49.7 Å². The van der Waals surface area contributed by atoms with E-state index in [1.165, 1.54) is 0 Å². The van der Waals surface area contributed by atoms with Gasteiger partial charge < -0.3 is 9.26 Å². The Kier molecular flexibility index (Phi) is 8.73. The van der Waals surface area contributed by atoms with E-state index in [0.29, 0.717) is 13.0 Å². The van der Waals surface area contributed by atoms with Crippen LogP contribution in [-0.2, 0) is 18.6 Å². The van der Waals surface area contributed by atoms with Gasteiger partial charge in [0.15, 0.2) is 0 Å². The number of hydrogen-bond donors (Lipinski definition) is 0. The Hall–Kier alpha value is -1.90. The summed E-state index contributed by atoms with van der Waals surface area (Å²) in [6.07, 6.45) is 5.77. The van der Waals surface area contributed by atoms with E-state index >= 15 is 0 Å². The Bertz CT molecular complexity index is 837. The van der Waals surface area contributed by atoms with Crippen molar-refractivity contribution in [1.82, 2.24) is 0 Å². The summed E-state index contributed by atoms with van der Waals surface area (Å²) in [6.45, 7) is 6.16. The Morgan fingerprint density at radius 2 is 1.34 bits per heavy atom. The molecule has 1 aliphatic heterocycles. The molecule has 0 amide bonds. The average Bonchev–Trinajstić information content (AvgIpc) is 3.10. The van der Waals surface area contributed by atoms with Crippen LogP contribution in [0.2, 0.25) is 0 Å². The van der Waals surface area contributed by atoms with Crippen molar-refractivity contribution < 1.29 is 18.6 Å². The summed E-state index contributed by atoms with van der Waals surface area (Å²) < 4.78 is 25.9. The summed E-state index contributed by atoms with van der Waals surface area (Å²) in [5.74, 6) is -0.138. The van der Waals surface area contributed by atoms with Crippen LogP contribution in [-0.4, -0.2) is 18.2 Å². The van der Waals surface area contributed by atoms with Gasteiger partial charge in [-0.05, 0) is 57.6 Å². The zero-order valence-corrected chi connectivity index (χ0v) is 20.6. The molecular formula is C27H37O4P. The molecule has 1 heterocycles. The summed E-state index contributed by atoms with van der Waals surface area (Å²) in [6, 6.07) is 20.3. The van der Waals surface area contributed by atoms with Crippen molar-refractivity contribution in [2.75, 3.05) is 6.61 Å². The SMILES string of the molecule is CC(C)(C)OC(=O)CCCCCCOP1(=O)[C@@H](c2ccccc2)CC[C@H]1c1ccccc1. The minimum absolute atomic E-state index is 0.0407. The van der Waals surface area contributed by atoms with Crippen LogP contribution in [0.25, 0.3) is 0 Å². The van der Waals surface area contributed by atoms with Gasteiger partial charge in [0.1, 0.15) is 5.60 Å². The number of ether oxygens (including phenoxy) is 1. The van der Waals surface area contributed by atoms with Gasteiger partial charge >= 0.3 is 5.97 Å². The molecule has 0 bridgehead atoms. The Morgan fingerprint density at radius 1 is 0.844 bits per heavy atom. The van der Waals surface area contributed by atoms with Crippen LogP contribution in [0, 0.1) is 0 Å². The van der Waals surface area contributed by atoms with E-state index in [1.807, 2.05) is 57.2 Å². The largest absolute Gasteiger partial charge is 0.460 e. The van der Waals surface area contributed by atoms with Crippen LogP contribution in [0.3, 0.4) is 0 Å². The van der Waals surface area contributed by atoms with E-state index in [4.69, 9.17) is 9.26 Å². The van der Waals surface area contributed by atoms with Gasteiger partial charge in [-0.3, -0.25) is 9.36 Å². The molecule has 3 atom stereocenters. The molecule has 0 spiro atoms. The zero-order valence-electron chi connectivity index (χ0n) is 19.7. The van der Waals surface area contributed by atoms with Gasteiger partial charge in [0.25, 0.3) is 0 Å². The monoisotopic (exact) mass is 456 g/mol. The number of esters is 1. The molecule has 1 saturated heterocycles. The van der Waals surface area contributed by atoms with Crippen molar-refractivity contribution in [3.05, 3.63) is 71.8 Å². The predicted molar refractivity (Wildman–Crippen MR) is 130 cm³/mol. The lowest BCUT2D eigenvalue weighted by molar-refractivity contribution is -0.154. The highest BCUT2D eigenvalue weighted by Crippen LogP contribution is 2.76. The number of carbonyl (C=O) groups is 1. The maximum atomic E-state index is 14.3. The highest BCUT2D eigenvalue weighted by Gasteiger charge is 2.48. The van der Waals surface area contributed by atoms with Crippen molar-refractivity contribution >= 4 is 13.3 Å². The summed E-state index contributed by atoms with van der Waals surface area (Å²) in [7, 11) is -2.90. The second kappa shape index (κ2) is 11.3. The van der Waals surface area contributed by atoms with E-state index in [9.17, 15) is 9.36 Å². The van der Waals surface area contributed by atoms with Crippen molar-refractivity contribution in [3.8, 4) is 0 Å². The molecule has 1 aliphatic rings. The fraction of sp³-hybridized carbons (Fsp3) is 0.519. The van der Waals surface area contributed by atoms with E-state index in [1.54, 1.807) is 0 Å². The molecular weight excluding hydrogens is 419 g/mol. The third-order valence-electron chi connectivity index (χ3n) is 5.94. The molecule has 0 radical (unpaired) electrons. The Labute approximate surface area is 193 Å². The van der Waals surface area contributed by atoms with Gasteiger partial charge in [0.05, 0.1) is 17.9 Å². The van der Waals surface area contributed by atoms with Gasteiger partial charge in [-0.1, -0.05) is 73.5 Å². The lowest BCUT2D eigenvalue weighted by atomic mass is 10.0. The quantitative estimate of drug-likeness (QED) is 0.207. The van der Waals surface area contributed by atoms with E-state index in [2.05, 4.69) is 24.3 Å². The first kappa shape index (κ1) is 24.7. The fourth-order valence-corrected chi connectivity index (χ4v) is 7.90. The molecule has 0 N–H and O–H groups in total. The molecule has 1 fully saturated rings. The lowest BCUT2D eigenvalue weighted by Gasteiger charge is -2.26. The molecule has 0 aliphatic carbocycles. The number of hydrogen-bond acceptors (Lipinski definition) is 4. The Balaban J connectivity index is 1.54. The van der Waals surface area contributed by atoms with Crippen LogP contribution in [0.15, 0.2) is 60.7 Å². The normalized spacial score (nSPS) is 23.2. The third-order valence-corrected chi connectivity index (χ3v) is 9.38. The molecule has 0 saturated carbocycles. The van der Waals surface area contributed by atoms with E-state index < -0.39 is 13.0 Å². The van der Waals surface area contributed by atoms with Crippen molar-refractivity contribution in [3.63, 3.8) is 0 Å². The van der Waals surface area contributed by atoms with Crippen LogP contribution < -0.4 is 0 Å². The fourth-order valence-electron chi connectivity index (χ4n) is 4.50. The van der Waals surface area contributed by atoms with Gasteiger partial charge in [-0.15, -0.1) is 0 Å². The highest BCUT2D eigenvalue weighted by atomic mass is 31.2. The molecule has 2 aromatic rings. The summed E-state index contributed by atoms with van der Waals surface area (Å²) >= 11 is 0. The van der Waals surface area contributed by atoms with Gasteiger partial charge in [0.2, 0.25) is 7.37 Å². The topological polar surface area (TPSA) is 52.6 Å². The first-order valence-electron chi connectivity index (χ1n) is 11.9. The smallest absolute Gasteiger partial charge is 0.306 e. The van der Waals surface area contributed by atoms with Crippen molar-refractivity contribution in [1.29, 1.82) is 0 Å². The summed E-state index contributed by atoms with van der Waals surface area (Å²) in [5.41, 5.74) is 1.73. The zero-order chi connectivity index (χ0) is 23.0. The summed E-state index contributed by atoms with van der Waals surface area (Å²) in [5, 5.41) is 0. The highest BCUT2D eigenvalue weighted by molar-refractivity contribution is 7.60. The van der Waals surface area contributed by atoms with Gasteiger partial charge in [0, 0.05) is 6.42 Å². The number of rotatable bonds is 10. The van der Waals surface area contributed by atoms with Gasteiger partial charge in [-0.2, -0.15) is 0 Å². The second-order valence-corrected chi connectivity index (χ2v) is 12.5. The summed E-state index contributed by atoms with van der Waals surface area (Å²) in [4.78, 5) is 11.8. The molecule has 0 aromatic heterocycles. The molecule has 1 unspecified atom stereocenters. The van der Waals surface area contributed by atoms with Crippen LogP contribution in [0.1, 0.15) is 88.2 Å². The van der Waals surface area contributed by atoms with Crippen LogP contribution in [0.4, 0.5) is 0 Å². The molecule has 4 nitrogen and oxygen atoms in total. The number of carbonyl (C=O) groups excluding carboxylic acids is 1. The molecule has 32 heavy (non-hydrogen) atoms. The molecule has 3 rings (SSSR count). The molecule has 2 aromatic carbocycles. The average molecular weight is 457 g/mol. The predicted octanol–water partition coefficient (Wildman–Crippen LogP) is 7.85. The lowest BCUT2D eigenvalue weighted by Crippen LogP contribution is -2.23. The second-order valence-electron chi connectivity index (χ2n) is 9.66. The maximum Gasteiger partial charge on any atom is 0.306 e. The van der Waals surface area contributed by atoms with Gasteiger partial charge in [-0.25, -0.2) is 0 Å².